The molecule has 2 aromatic rings. The highest BCUT2D eigenvalue weighted by Crippen LogP contribution is 2.29. The second-order valence-corrected chi connectivity index (χ2v) is 11.3. The highest BCUT2D eigenvalue weighted by atomic mass is 32.2. The van der Waals surface area contributed by atoms with Gasteiger partial charge < -0.3 is 15.1 Å². The van der Waals surface area contributed by atoms with E-state index in [9.17, 15) is 31.5 Å². The third-order valence-electron chi connectivity index (χ3n) is 5.70. The van der Waals surface area contributed by atoms with Crippen LogP contribution in [0.2, 0.25) is 0 Å². The molecule has 0 atom stereocenters. The number of carbonyl (C=O) groups is 2. The van der Waals surface area contributed by atoms with Crippen LogP contribution in [0.25, 0.3) is 0 Å². The van der Waals surface area contributed by atoms with Crippen molar-refractivity contribution >= 4 is 33.3 Å². The molecule has 0 aliphatic carbocycles. The highest BCUT2D eigenvalue weighted by molar-refractivity contribution is 7.92. The van der Waals surface area contributed by atoms with Crippen LogP contribution in [0.15, 0.2) is 47.4 Å². The standard InChI is InChI=1S/C23H30N2O4S.C2HF3O2/c1-23(2,3)17-8-11-19(12-9-17)30(28,29)24-18-10-13-21(20(16-18)22(26)27)25-14-6-4-5-7-15-25;3-2(4,5)1(6)7/h8-13,16,24H,4-7,14-15H2,1-3H3,(H,26,27);(H,6,7). The largest absolute Gasteiger partial charge is 0.490 e. The number of rotatable bonds is 5. The number of aromatic carboxylic acids is 1. The molecule has 1 heterocycles. The van der Waals surface area contributed by atoms with Crippen LogP contribution in [0.1, 0.15) is 62.4 Å². The van der Waals surface area contributed by atoms with E-state index in [4.69, 9.17) is 9.90 Å². The van der Waals surface area contributed by atoms with Gasteiger partial charge in [0.25, 0.3) is 10.0 Å². The molecule has 0 amide bonds. The molecule has 0 unspecified atom stereocenters. The van der Waals surface area contributed by atoms with Crippen LogP contribution >= 0.6 is 0 Å². The summed E-state index contributed by atoms with van der Waals surface area (Å²) in [5.41, 5.74) is 1.96. The molecule has 12 heteroatoms. The Kier molecular flexibility index (Phi) is 9.59. The summed E-state index contributed by atoms with van der Waals surface area (Å²) < 4.78 is 59.9. The molecule has 204 valence electrons. The first kappa shape index (κ1) is 29.9. The van der Waals surface area contributed by atoms with Crippen LogP contribution in [0.4, 0.5) is 24.5 Å². The summed E-state index contributed by atoms with van der Waals surface area (Å²) in [5.74, 6) is -3.82. The van der Waals surface area contributed by atoms with Gasteiger partial charge in [-0.1, -0.05) is 45.7 Å². The van der Waals surface area contributed by atoms with Crippen LogP contribution in [-0.2, 0) is 20.2 Å². The number of aliphatic carboxylic acids is 1. The summed E-state index contributed by atoms with van der Waals surface area (Å²) in [5, 5.41) is 16.8. The number of hydrogen-bond donors (Lipinski definition) is 3. The summed E-state index contributed by atoms with van der Waals surface area (Å²) in [6, 6.07) is 11.5. The molecular weight excluding hydrogens is 513 g/mol. The van der Waals surface area contributed by atoms with Crippen molar-refractivity contribution in [2.45, 2.75) is 62.9 Å². The van der Waals surface area contributed by atoms with Gasteiger partial charge in [-0.05, 0) is 54.2 Å². The molecule has 3 N–H and O–H groups in total. The van der Waals surface area contributed by atoms with Crippen molar-refractivity contribution in [1.29, 1.82) is 0 Å². The molecule has 1 fully saturated rings. The van der Waals surface area contributed by atoms with Gasteiger partial charge in [0.15, 0.2) is 0 Å². The first-order valence-electron chi connectivity index (χ1n) is 11.6. The first-order chi connectivity index (χ1) is 17.0. The van der Waals surface area contributed by atoms with E-state index in [1.807, 2.05) is 0 Å². The number of carboxylic acid groups (broad SMARTS) is 2. The van der Waals surface area contributed by atoms with Crippen molar-refractivity contribution in [3.63, 3.8) is 0 Å². The minimum absolute atomic E-state index is 0.0741. The van der Waals surface area contributed by atoms with Crippen LogP contribution in [0.3, 0.4) is 0 Å². The lowest BCUT2D eigenvalue weighted by Gasteiger charge is -2.25. The predicted molar refractivity (Wildman–Crippen MR) is 134 cm³/mol. The number of sulfonamides is 1. The maximum atomic E-state index is 12.8. The Hall–Kier alpha value is -3.28. The third kappa shape index (κ3) is 8.66. The lowest BCUT2D eigenvalue weighted by molar-refractivity contribution is -0.192. The van der Waals surface area contributed by atoms with Gasteiger partial charge >= 0.3 is 18.1 Å². The molecular formula is C25H31F3N2O6S. The fraction of sp³-hybridized carbons (Fsp3) is 0.440. The van der Waals surface area contributed by atoms with Gasteiger partial charge in [-0.2, -0.15) is 13.2 Å². The van der Waals surface area contributed by atoms with E-state index in [0.717, 1.165) is 44.3 Å². The number of benzene rings is 2. The van der Waals surface area contributed by atoms with Crippen molar-refractivity contribution < 1.29 is 41.4 Å². The van der Waals surface area contributed by atoms with E-state index in [1.54, 1.807) is 36.4 Å². The van der Waals surface area contributed by atoms with Crippen LogP contribution in [-0.4, -0.2) is 49.8 Å². The Balaban J connectivity index is 0.000000604. The van der Waals surface area contributed by atoms with E-state index in [2.05, 4.69) is 30.4 Å². The van der Waals surface area contributed by atoms with E-state index in [-0.39, 0.29) is 21.6 Å². The third-order valence-corrected chi connectivity index (χ3v) is 7.10. The van der Waals surface area contributed by atoms with Crippen molar-refractivity contribution in [3.05, 3.63) is 53.6 Å². The van der Waals surface area contributed by atoms with Gasteiger partial charge in [0.1, 0.15) is 0 Å². The Morgan fingerprint density at radius 3 is 1.84 bits per heavy atom. The summed E-state index contributed by atoms with van der Waals surface area (Å²) in [7, 11) is -3.82. The lowest BCUT2D eigenvalue weighted by atomic mass is 9.87. The number of anilines is 2. The predicted octanol–water partition coefficient (Wildman–Crippen LogP) is 5.50. The highest BCUT2D eigenvalue weighted by Gasteiger charge is 2.38. The molecule has 0 radical (unpaired) electrons. The molecule has 37 heavy (non-hydrogen) atoms. The van der Waals surface area contributed by atoms with Gasteiger partial charge in [0, 0.05) is 18.8 Å². The minimum atomic E-state index is -5.08. The molecule has 1 saturated heterocycles. The zero-order valence-corrected chi connectivity index (χ0v) is 21.6. The molecule has 0 saturated carbocycles. The number of nitrogens with zero attached hydrogens (tertiary/aromatic N) is 1. The van der Waals surface area contributed by atoms with Gasteiger partial charge in [-0.3, -0.25) is 4.72 Å². The monoisotopic (exact) mass is 544 g/mol. The quantitative estimate of drug-likeness (QED) is 0.454. The van der Waals surface area contributed by atoms with Crippen molar-refractivity contribution in [1.82, 2.24) is 0 Å². The molecule has 8 nitrogen and oxygen atoms in total. The zero-order valence-electron chi connectivity index (χ0n) is 20.8. The number of alkyl halides is 3. The molecule has 2 aromatic carbocycles. The van der Waals surface area contributed by atoms with E-state index < -0.39 is 28.1 Å². The topological polar surface area (TPSA) is 124 Å². The van der Waals surface area contributed by atoms with Gasteiger partial charge in [-0.15, -0.1) is 0 Å². The average Bonchev–Trinajstić information content (AvgIpc) is 3.07. The summed E-state index contributed by atoms with van der Waals surface area (Å²) >= 11 is 0. The van der Waals surface area contributed by atoms with Crippen molar-refractivity contribution in [2.24, 2.45) is 0 Å². The van der Waals surface area contributed by atoms with Gasteiger partial charge in [0.05, 0.1) is 16.1 Å². The molecule has 3 rings (SSSR count). The maximum absolute atomic E-state index is 12.8. The summed E-state index contributed by atoms with van der Waals surface area (Å²) in [4.78, 5) is 23.0. The van der Waals surface area contributed by atoms with Crippen LogP contribution < -0.4 is 9.62 Å². The Bertz CT molecular complexity index is 1200. The smallest absolute Gasteiger partial charge is 0.478 e. The number of halogens is 3. The Labute approximate surface area is 214 Å². The number of hydrogen-bond acceptors (Lipinski definition) is 5. The molecule has 0 spiro atoms. The first-order valence-corrected chi connectivity index (χ1v) is 13.1. The molecule has 1 aliphatic rings. The Morgan fingerprint density at radius 1 is 0.892 bits per heavy atom. The fourth-order valence-electron chi connectivity index (χ4n) is 3.71. The van der Waals surface area contributed by atoms with Crippen LogP contribution in [0, 0.1) is 0 Å². The van der Waals surface area contributed by atoms with Crippen molar-refractivity contribution in [3.8, 4) is 0 Å². The average molecular weight is 545 g/mol. The number of carboxylic acids is 2. The Morgan fingerprint density at radius 2 is 1.41 bits per heavy atom. The van der Waals surface area contributed by atoms with E-state index >= 15 is 0 Å². The lowest BCUT2D eigenvalue weighted by Crippen LogP contribution is -2.26. The second-order valence-electron chi connectivity index (χ2n) is 9.62. The van der Waals surface area contributed by atoms with Crippen molar-refractivity contribution in [2.75, 3.05) is 22.7 Å². The molecule has 0 aromatic heterocycles. The second kappa shape index (κ2) is 11.8. The van der Waals surface area contributed by atoms with E-state index in [1.165, 1.54) is 6.07 Å². The van der Waals surface area contributed by atoms with Crippen LogP contribution in [0.5, 0.6) is 0 Å². The van der Waals surface area contributed by atoms with Gasteiger partial charge in [-0.25, -0.2) is 18.0 Å². The molecule has 1 aliphatic heterocycles. The number of nitrogens with one attached hydrogen (secondary N) is 1. The zero-order chi connectivity index (χ0) is 28.0. The summed E-state index contributed by atoms with van der Waals surface area (Å²) in [6.07, 6.45) is -0.744. The summed E-state index contributed by atoms with van der Waals surface area (Å²) in [6.45, 7) is 7.81. The maximum Gasteiger partial charge on any atom is 0.490 e. The SMILES string of the molecule is CC(C)(C)c1ccc(S(=O)(=O)Nc2ccc(N3CCCCCC3)c(C(=O)O)c2)cc1.O=C(O)C(F)(F)F. The molecule has 0 bridgehead atoms. The normalized spacial score (nSPS) is 14.7. The van der Waals surface area contributed by atoms with Gasteiger partial charge in [0.2, 0.25) is 0 Å². The van der Waals surface area contributed by atoms with E-state index in [0.29, 0.717) is 5.69 Å². The fourth-order valence-corrected chi connectivity index (χ4v) is 4.76. The minimum Gasteiger partial charge on any atom is -0.478 e.